The van der Waals surface area contributed by atoms with E-state index in [0.29, 0.717) is 6.04 Å². The number of nitrogens with zero attached hydrogens (tertiary/aromatic N) is 1. The Kier molecular flexibility index (Phi) is 5.06. The van der Waals surface area contributed by atoms with E-state index in [-0.39, 0.29) is 0 Å². The Hall–Kier alpha value is -1.02. The topological polar surface area (TPSA) is 15.3 Å². The monoisotopic (exact) mass is 246 g/mol. The van der Waals surface area contributed by atoms with Crippen LogP contribution >= 0.6 is 0 Å². The van der Waals surface area contributed by atoms with E-state index in [9.17, 15) is 0 Å². The van der Waals surface area contributed by atoms with E-state index in [1.165, 1.54) is 31.5 Å². The van der Waals surface area contributed by atoms with Crippen molar-refractivity contribution in [1.29, 1.82) is 0 Å². The van der Waals surface area contributed by atoms with Gasteiger partial charge in [-0.2, -0.15) is 0 Å². The zero-order valence-corrected chi connectivity index (χ0v) is 11.7. The van der Waals surface area contributed by atoms with Crippen LogP contribution in [0.5, 0.6) is 0 Å². The molecule has 18 heavy (non-hydrogen) atoms. The number of benzene rings is 1. The predicted molar refractivity (Wildman–Crippen MR) is 79.1 cm³/mol. The average Bonchev–Trinajstić information content (AvgIpc) is 2.46. The molecule has 1 aromatic carbocycles. The Balaban J connectivity index is 1.94. The Morgan fingerprint density at radius 3 is 2.67 bits per heavy atom. The zero-order valence-electron chi connectivity index (χ0n) is 11.7. The molecule has 0 saturated carbocycles. The fraction of sp³-hybridized carbons (Fsp3) is 0.625. The molecule has 1 aliphatic heterocycles. The summed E-state index contributed by atoms with van der Waals surface area (Å²) in [4.78, 5) is 2.48. The molecule has 0 radical (unpaired) electrons. The first-order valence-electron chi connectivity index (χ1n) is 7.36. The molecule has 2 heteroatoms. The number of anilines is 1. The Morgan fingerprint density at radius 2 is 2.00 bits per heavy atom. The summed E-state index contributed by atoms with van der Waals surface area (Å²) in [6.45, 7) is 7.97. The van der Waals surface area contributed by atoms with Crippen LogP contribution in [0.4, 0.5) is 5.69 Å². The smallest absolute Gasteiger partial charge is 0.0366 e. The summed E-state index contributed by atoms with van der Waals surface area (Å²) in [7, 11) is 0. The highest BCUT2D eigenvalue weighted by atomic mass is 15.2. The average molecular weight is 246 g/mol. The van der Waals surface area contributed by atoms with E-state index in [1.54, 1.807) is 0 Å². The van der Waals surface area contributed by atoms with Gasteiger partial charge in [-0.3, -0.25) is 0 Å². The standard InChI is InChI=1S/C16H26N2/c1-3-14-10-11-17-15(12-14)13-18(4-2)16-8-6-5-7-9-16/h5-9,14-15,17H,3-4,10-13H2,1-2H3. The van der Waals surface area contributed by atoms with Gasteiger partial charge < -0.3 is 10.2 Å². The third kappa shape index (κ3) is 3.49. The third-order valence-corrected chi connectivity index (χ3v) is 4.12. The number of rotatable bonds is 5. The minimum atomic E-state index is 0.656. The van der Waals surface area contributed by atoms with Crippen molar-refractivity contribution in [3.63, 3.8) is 0 Å². The van der Waals surface area contributed by atoms with E-state index in [4.69, 9.17) is 0 Å². The lowest BCUT2D eigenvalue weighted by Crippen LogP contribution is -2.46. The van der Waals surface area contributed by atoms with Crippen molar-refractivity contribution >= 4 is 5.69 Å². The van der Waals surface area contributed by atoms with Crippen molar-refractivity contribution in [2.45, 2.75) is 39.2 Å². The fourth-order valence-electron chi connectivity index (χ4n) is 2.93. The highest BCUT2D eigenvalue weighted by Gasteiger charge is 2.21. The largest absolute Gasteiger partial charge is 0.370 e. The van der Waals surface area contributed by atoms with Gasteiger partial charge in [0, 0.05) is 24.8 Å². The SMILES string of the molecule is CCC1CCNC(CN(CC)c2ccccc2)C1. The molecule has 2 atom stereocenters. The summed E-state index contributed by atoms with van der Waals surface area (Å²) in [5.74, 6) is 0.922. The molecule has 0 spiro atoms. The highest BCUT2D eigenvalue weighted by Crippen LogP contribution is 2.21. The molecule has 2 nitrogen and oxygen atoms in total. The van der Waals surface area contributed by atoms with Gasteiger partial charge in [-0.15, -0.1) is 0 Å². The summed E-state index contributed by atoms with van der Waals surface area (Å²) in [6, 6.07) is 11.4. The summed E-state index contributed by atoms with van der Waals surface area (Å²) in [6.07, 6.45) is 4.01. The van der Waals surface area contributed by atoms with Crippen LogP contribution in [0.25, 0.3) is 0 Å². The zero-order chi connectivity index (χ0) is 12.8. The number of likely N-dealkylation sites (N-methyl/N-ethyl adjacent to an activating group) is 1. The number of hydrogen-bond acceptors (Lipinski definition) is 2. The van der Waals surface area contributed by atoms with Gasteiger partial charge in [0.05, 0.1) is 0 Å². The van der Waals surface area contributed by atoms with Crippen LogP contribution in [0.2, 0.25) is 0 Å². The quantitative estimate of drug-likeness (QED) is 0.857. The molecule has 2 unspecified atom stereocenters. The Bertz CT molecular complexity index is 336. The second-order valence-electron chi connectivity index (χ2n) is 5.32. The molecular weight excluding hydrogens is 220 g/mol. The molecule has 0 bridgehead atoms. The summed E-state index contributed by atoms with van der Waals surface area (Å²) in [5, 5.41) is 3.68. The number of nitrogens with one attached hydrogen (secondary N) is 1. The van der Waals surface area contributed by atoms with Gasteiger partial charge in [-0.25, -0.2) is 0 Å². The number of piperidine rings is 1. The van der Waals surface area contributed by atoms with E-state index < -0.39 is 0 Å². The fourth-order valence-corrected chi connectivity index (χ4v) is 2.93. The first kappa shape index (κ1) is 13.4. The molecule has 1 heterocycles. The van der Waals surface area contributed by atoms with Crippen LogP contribution in [-0.2, 0) is 0 Å². The normalized spacial score (nSPS) is 23.9. The maximum Gasteiger partial charge on any atom is 0.0366 e. The van der Waals surface area contributed by atoms with E-state index >= 15 is 0 Å². The van der Waals surface area contributed by atoms with Crippen LogP contribution in [0.15, 0.2) is 30.3 Å². The molecule has 0 amide bonds. The number of hydrogen-bond donors (Lipinski definition) is 1. The van der Waals surface area contributed by atoms with Crippen LogP contribution in [0, 0.1) is 5.92 Å². The molecule has 0 aliphatic carbocycles. The van der Waals surface area contributed by atoms with Gasteiger partial charge in [-0.05, 0) is 44.4 Å². The molecule has 1 N–H and O–H groups in total. The van der Waals surface area contributed by atoms with Crippen molar-refractivity contribution < 1.29 is 0 Å². The van der Waals surface area contributed by atoms with Crippen molar-refractivity contribution in [3.8, 4) is 0 Å². The van der Waals surface area contributed by atoms with Gasteiger partial charge in [-0.1, -0.05) is 31.5 Å². The van der Waals surface area contributed by atoms with Crippen molar-refractivity contribution in [3.05, 3.63) is 30.3 Å². The minimum absolute atomic E-state index is 0.656. The first-order chi connectivity index (χ1) is 8.83. The van der Waals surface area contributed by atoms with Gasteiger partial charge >= 0.3 is 0 Å². The van der Waals surface area contributed by atoms with Crippen LogP contribution < -0.4 is 10.2 Å². The second kappa shape index (κ2) is 6.79. The Morgan fingerprint density at radius 1 is 1.22 bits per heavy atom. The maximum absolute atomic E-state index is 3.68. The minimum Gasteiger partial charge on any atom is -0.370 e. The maximum atomic E-state index is 3.68. The lowest BCUT2D eigenvalue weighted by atomic mass is 9.90. The predicted octanol–water partition coefficient (Wildman–Crippen LogP) is 3.29. The summed E-state index contributed by atoms with van der Waals surface area (Å²) >= 11 is 0. The molecule has 1 aromatic rings. The van der Waals surface area contributed by atoms with Gasteiger partial charge in [0.2, 0.25) is 0 Å². The van der Waals surface area contributed by atoms with E-state index in [2.05, 4.69) is 54.4 Å². The number of para-hydroxylation sites is 1. The lowest BCUT2D eigenvalue weighted by molar-refractivity contribution is 0.296. The third-order valence-electron chi connectivity index (χ3n) is 4.12. The van der Waals surface area contributed by atoms with Crippen LogP contribution in [-0.4, -0.2) is 25.7 Å². The first-order valence-corrected chi connectivity index (χ1v) is 7.36. The van der Waals surface area contributed by atoms with E-state index in [1.807, 2.05) is 0 Å². The molecule has 0 aromatic heterocycles. The summed E-state index contributed by atoms with van der Waals surface area (Å²) < 4.78 is 0. The van der Waals surface area contributed by atoms with Crippen molar-refractivity contribution in [2.24, 2.45) is 5.92 Å². The Labute approximate surface area is 111 Å². The van der Waals surface area contributed by atoms with Crippen molar-refractivity contribution in [1.82, 2.24) is 5.32 Å². The molecule has 2 rings (SSSR count). The van der Waals surface area contributed by atoms with Gasteiger partial charge in [0.1, 0.15) is 0 Å². The van der Waals surface area contributed by atoms with Crippen molar-refractivity contribution in [2.75, 3.05) is 24.5 Å². The molecule has 100 valence electrons. The van der Waals surface area contributed by atoms with Crippen LogP contribution in [0.1, 0.15) is 33.1 Å². The van der Waals surface area contributed by atoms with Crippen LogP contribution in [0.3, 0.4) is 0 Å². The molecular formula is C16H26N2. The highest BCUT2D eigenvalue weighted by molar-refractivity contribution is 5.45. The summed E-state index contributed by atoms with van der Waals surface area (Å²) in [5.41, 5.74) is 1.35. The lowest BCUT2D eigenvalue weighted by Gasteiger charge is -2.34. The van der Waals surface area contributed by atoms with E-state index in [0.717, 1.165) is 19.0 Å². The molecule has 1 aliphatic rings. The molecule has 1 saturated heterocycles. The second-order valence-corrected chi connectivity index (χ2v) is 5.32. The molecule has 1 fully saturated rings. The van der Waals surface area contributed by atoms with Gasteiger partial charge in [0.25, 0.3) is 0 Å². The van der Waals surface area contributed by atoms with Gasteiger partial charge in [0.15, 0.2) is 0 Å².